The Kier molecular flexibility index (Phi) is 7.75. The lowest BCUT2D eigenvalue weighted by Gasteiger charge is -2.35. The number of pyridine rings is 1. The molecule has 4 heterocycles. The van der Waals surface area contributed by atoms with Crippen molar-refractivity contribution < 1.29 is 14.7 Å². The van der Waals surface area contributed by atoms with Crippen LogP contribution in [0.4, 0.5) is 16.6 Å². The van der Waals surface area contributed by atoms with Gasteiger partial charge in [-0.05, 0) is 31.0 Å². The second-order valence-electron chi connectivity index (χ2n) is 8.98. The highest BCUT2D eigenvalue weighted by atomic mass is 32.1. The van der Waals surface area contributed by atoms with E-state index in [-0.39, 0.29) is 18.5 Å². The molecule has 1 aliphatic rings. The Balaban J connectivity index is 1.27. The number of thiophene rings is 1. The molecule has 1 fully saturated rings. The third-order valence-electron chi connectivity index (χ3n) is 6.30. The summed E-state index contributed by atoms with van der Waals surface area (Å²) >= 11 is 1.54. The maximum Gasteiger partial charge on any atom is 0.321 e. The van der Waals surface area contributed by atoms with Gasteiger partial charge in [0.2, 0.25) is 5.95 Å². The van der Waals surface area contributed by atoms with E-state index in [1.165, 1.54) is 11.3 Å². The number of aryl methyl sites for hydroxylation is 1. The summed E-state index contributed by atoms with van der Waals surface area (Å²) in [6.45, 7) is 4.62. The van der Waals surface area contributed by atoms with Crippen molar-refractivity contribution in [3.8, 4) is 11.1 Å². The predicted molar refractivity (Wildman–Crippen MR) is 149 cm³/mol. The van der Waals surface area contributed by atoms with Gasteiger partial charge in [0.1, 0.15) is 16.3 Å². The van der Waals surface area contributed by atoms with Gasteiger partial charge < -0.3 is 20.2 Å². The molecule has 0 spiro atoms. The Labute approximate surface area is 224 Å². The van der Waals surface area contributed by atoms with Crippen molar-refractivity contribution in [3.63, 3.8) is 0 Å². The fourth-order valence-electron chi connectivity index (χ4n) is 4.36. The van der Waals surface area contributed by atoms with Crippen molar-refractivity contribution in [3.05, 3.63) is 65.3 Å². The first-order chi connectivity index (χ1) is 18.5. The summed E-state index contributed by atoms with van der Waals surface area (Å²) in [7, 11) is 0. The maximum atomic E-state index is 13.1. The quantitative estimate of drug-likeness (QED) is 0.312. The van der Waals surface area contributed by atoms with E-state index in [0.717, 1.165) is 32.0 Å². The molecule has 38 heavy (non-hydrogen) atoms. The Morgan fingerprint density at radius 3 is 2.53 bits per heavy atom. The van der Waals surface area contributed by atoms with Gasteiger partial charge in [-0.3, -0.25) is 15.1 Å². The van der Waals surface area contributed by atoms with Crippen LogP contribution in [0.1, 0.15) is 21.8 Å². The molecule has 0 saturated carbocycles. The first-order valence-electron chi connectivity index (χ1n) is 12.5. The number of aromatic nitrogens is 3. The average molecular weight is 532 g/mol. The molecule has 11 heteroatoms. The zero-order valence-electron chi connectivity index (χ0n) is 21.1. The number of piperazine rings is 1. The monoisotopic (exact) mass is 531 g/mol. The third-order valence-corrected chi connectivity index (χ3v) is 7.24. The van der Waals surface area contributed by atoms with Crippen molar-refractivity contribution >= 4 is 45.3 Å². The van der Waals surface area contributed by atoms with Crippen molar-refractivity contribution in [2.75, 3.05) is 49.5 Å². The Hall–Kier alpha value is -4.09. The van der Waals surface area contributed by atoms with Gasteiger partial charge in [0.25, 0.3) is 5.91 Å². The fourth-order valence-corrected chi connectivity index (χ4v) is 5.23. The summed E-state index contributed by atoms with van der Waals surface area (Å²) < 4.78 is 0. The van der Waals surface area contributed by atoms with Gasteiger partial charge in [0, 0.05) is 56.0 Å². The molecule has 0 unspecified atom stereocenters. The molecule has 3 aromatic heterocycles. The van der Waals surface area contributed by atoms with E-state index >= 15 is 0 Å². The van der Waals surface area contributed by atoms with Crippen molar-refractivity contribution in [1.29, 1.82) is 0 Å². The third kappa shape index (κ3) is 5.74. The van der Waals surface area contributed by atoms with Crippen LogP contribution in [0.25, 0.3) is 21.3 Å². The molecule has 0 bridgehead atoms. The lowest BCUT2D eigenvalue weighted by Crippen LogP contribution is -2.49. The molecule has 0 radical (unpaired) electrons. The Bertz CT molecular complexity index is 1420. The van der Waals surface area contributed by atoms with E-state index in [1.54, 1.807) is 12.3 Å². The SMILES string of the molecule is Cc1cc2c(N3CCN(C(=O)c4ccc(-c5ccccc5)cn4)CC3)nc(NC(=O)NCCCO)nc2s1. The normalized spacial score (nSPS) is 13.5. The Morgan fingerprint density at radius 1 is 1.03 bits per heavy atom. The molecule has 4 aromatic rings. The van der Waals surface area contributed by atoms with Gasteiger partial charge in [-0.1, -0.05) is 36.4 Å². The number of aliphatic hydroxyl groups is 1. The van der Waals surface area contributed by atoms with E-state index in [4.69, 9.17) is 5.11 Å². The van der Waals surface area contributed by atoms with Gasteiger partial charge in [0.05, 0.1) is 5.39 Å². The number of carbonyl (C=O) groups is 2. The molecule has 1 saturated heterocycles. The number of hydrogen-bond acceptors (Lipinski definition) is 8. The summed E-state index contributed by atoms with van der Waals surface area (Å²) in [5.74, 6) is 0.866. The molecule has 3 amide bonds. The van der Waals surface area contributed by atoms with Gasteiger partial charge >= 0.3 is 6.03 Å². The smallest absolute Gasteiger partial charge is 0.321 e. The molecule has 5 rings (SSSR count). The highest BCUT2D eigenvalue weighted by Crippen LogP contribution is 2.32. The molecule has 0 atom stereocenters. The molecule has 3 N–H and O–H groups in total. The number of carbonyl (C=O) groups excluding carboxylic acids is 2. The lowest BCUT2D eigenvalue weighted by molar-refractivity contribution is 0.0740. The standard InChI is InChI=1S/C27H29N7O3S/c1-18-16-21-23(30-26(31-24(21)38-18)32-27(37)28-10-5-15-35)33-11-13-34(14-12-33)25(36)22-9-8-20(17-29-22)19-6-3-2-4-7-19/h2-4,6-9,16-17,35H,5,10-15H2,1H3,(H2,28,30,31,32,37). The van der Waals surface area contributed by atoms with Gasteiger partial charge in [-0.15, -0.1) is 11.3 Å². The second kappa shape index (κ2) is 11.5. The van der Waals surface area contributed by atoms with E-state index < -0.39 is 6.03 Å². The second-order valence-corrected chi connectivity index (χ2v) is 10.2. The van der Waals surface area contributed by atoms with Gasteiger partial charge in [0.15, 0.2) is 0 Å². The van der Waals surface area contributed by atoms with Crippen molar-refractivity contribution in [2.24, 2.45) is 0 Å². The zero-order valence-corrected chi connectivity index (χ0v) is 21.9. The largest absolute Gasteiger partial charge is 0.396 e. The van der Waals surface area contributed by atoms with Crippen LogP contribution < -0.4 is 15.5 Å². The van der Waals surface area contributed by atoms with Gasteiger partial charge in [-0.25, -0.2) is 9.78 Å². The number of nitrogens with one attached hydrogen (secondary N) is 2. The topological polar surface area (TPSA) is 124 Å². The van der Waals surface area contributed by atoms with E-state index in [1.807, 2.05) is 48.2 Å². The summed E-state index contributed by atoms with van der Waals surface area (Å²) in [6.07, 6.45) is 2.21. The number of urea groups is 1. The van der Waals surface area contributed by atoms with Crippen molar-refractivity contribution in [1.82, 2.24) is 25.2 Å². The maximum absolute atomic E-state index is 13.1. The summed E-state index contributed by atoms with van der Waals surface area (Å²) in [4.78, 5) is 44.8. The predicted octanol–water partition coefficient (Wildman–Crippen LogP) is 3.53. The number of amides is 3. The number of rotatable bonds is 7. The number of nitrogens with zero attached hydrogens (tertiary/aromatic N) is 5. The van der Waals surface area contributed by atoms with Crippen LogP contribution in [-0.4, -0.2) is 76.2 Å². The van der Waals surface area contributed by atoms with Crippen LogP contribution >= 0.6 is 11.3 Å². The van der Waals surface area contributed by atoms with Crippen molar-refractivity contribution in [2.45, 2.75) is 13.3 Å². The molecular formula is C27H29N7O3S. The number of hydrogen-bond donors (Lipinski definition) is 3. The van der Waals surface area contributed by atoms with Crippen LogP contribution in [0.3, 0.4) is 0 Å². The van der Waals surface area contributed by atoms with Gasteiger partial charge in [-0.2, -0.15) is 4.98 Å². The average Bonchev–Trinajstić information content (AvgIpc) is 3.33. The van der Waals surface area contributed by atoms with E-state index in [0.29, 0.717) is 44.8 Å². The first-order valence-corrected chi connectivity index (χ1v) is 13.3. The minimum Gasteiger partial charge on any atom is -0.396 e. The molecule has 0 aliphatic carbocycles. The van der Waals surface area contributed by atoms with Crippen LogP contribution in [0, 0.1) is 6.92 Å². The van der Waals surface area contributed by atoms with E-state index in [9.17, 15) is 9.59 Å². The molecule has 10 nitrogen and oxygen atoms in total. The number of aliphatic hydroxyl groups excluding tert-OH is 1. The molecule has 1 aromatic carbocycles. The summed E-state index contributed by atoms with van der Waals surface area (Å²) in [5.41, 5.74) is 2.45. The van der Waals surface area contributed by atoms with Crippen LogP contribution in [-0.2, 0) is 0 Å². The number of anilines is 2. The minimum absolute atomic E-state index is 0.00486. The summed E-state index contributed by atoms with van der Waals surface area (Å²) in [6, 6.07) is 15.3. The fraction of sp³-hybridized carbons (Fsp3) is 0.296. The Morgan fingerprint density at radius 2 is 1.82 bits per heavy atom. The van der Waals surface area contributed by atoms with E-state index in [2.05, 4.69) is 36.6 Å². The molecule has 196 valence electrons. The molecular weight excluding hydrogens is 502 g/mol. The minimum atomic E-state index is -0.418. The van der Waals surface area contributed by atoms with Crippen LogP contribution in [0.15, 0.2) is 54.7 Å². The van der Waals surface area contributed by atoms with Crippen LogP contribution in [0.5, 0.6) is 0 Å². The highest BCUT2D eigenvalue weighted by Gasteiger charge is 2.26. The highest BCUT2D eigenvalue weighted by molar-refractivity contribution is 7.18. The molecule has 1 aliphatic heterocycles. The lowest BCUT2D eigenvalue weighted by atomic mass is 10.1. The zero-order chi connectivity index (χ0) is 26.5. The first kappa shape index (κ1) is 25.6. The number of fused-ring (bicyclic) bond motifs is 1. The number of benzene rings is 1. The summed E-state index contributed by atoms with van der Waals surface area (Å²) in [5, 5.41) is 15.2. The van der Waals surface area contributed by atoms with Crippen LogP contribution in [0.2, 0.25) is 0 Å².